The zero-order valence-corrected chi connectivity index (χ0v) is 15.5. The molecule has 2 nitrogen and oxygen atoms in total. The molecule has 0 unspecified atom stereocenters. The van der Waals surface area contributed by atoms with Gasteiger partial charge in [-0.25, -0.2) is 0 Å². The molecule has 0 atom stereocenters. The summed E-state index contributed by atoms with van der Waals surface area (Å²) in [5, 5.41) is 3.35. The normalized spacial score (nSPS) is 20.7. The summed E-state index contributed by atoms with van der Waals surface area (Å²) in [4.78, 5) is 2.65. The van der Waals surface area contributed by atoms with E-state index >= 15 is 0 Å². The van der Waals surface area contributed by atoms with Crippen LogP contribution in [0, 0.1) is 11.8 Å². The molecule has 134 valence electrons. The van der Waals surface area contributed by atoms with E-state index in [1.54, 1.807) is 0 Å². The van der Waals surface area contributed by atoms with Crippen molar-refractivity contribution in [3.05, 3.63) is 71.8 Å². The third-order valence-electron chi connectivity index (χ3n) is 5.47. The van der Waals surface area contributed by atoms with Gasteiger partial charge >= 0.3 is 0 Å². The first kappa shape index (κ1) is 18.2. The van der Waals surface area contributed by atoms with Gasteiger partial charge in [-0.2, -0.15) is 0 Å². The van der Waals surface area contributed by atoms with Gasteiger partial charge in [0.2, 0.25) is 0 Å². The average molecular weight is 337 g/mol. The van der Waals surface area contributed by atoms with Gasteiger partial charge in [-0.15, -0.1) is 0 Å². The summed E-state index contributed by atoms with van der Waals surface area (Å²) in [5.41, 5.74) is 2.84. The van der Waals surface area contributed by atoms with E-state index in [4.69, 9.17) is 0 Å². The number of hydrogen-bond acceptors (Lipinski definition) is 2. The van der Waals surface area contributed by atoms with Crippen molar-refractivity contribution in [1.29, 1.82) is 0 Å². The summed E-state index contributed by atoms with van der Waals surface area (Å²) >= 11 is 0. The minimum atomic E-state index is 0.848. The van der Waals surface area contributed by atoms with E-state index in [1.807, 2.05) is 0 Å². The second-order valence-corrected chi connectivity index (χ2v) is 7.59. The van der Waals surface area contributed by atoms with Crippen LogP contribution in [0.4, 0.5) is 0 Å². The van der Waals surface area contributed by atoms with E-state index in [-0.39, 0.29) is 0 Å². The molecule has 1 N–H and O–H groups in total. The Hall–Kier alpha value is -1.64. The lowest BCUT2D eigenvalue weighted by Crippen LogP contribution is -2.32. The van der Waals surface area contributed by atoms with Gasteiger partial charge in [0.1, 0.15) is 0 Å². The maximum absolute atomic E-state index is 3.35. The van der Waals surface area contributed by atoms with E-state index in [2.05, 4.69) is 77.9 Å². The fourth-order valence-corrected chi connectivity index (χ4v) is 4.14. The highest BCUT2D eigenvalue weighted by molar-refractivity contribution is 5.17. The highest BCUT2D eigenvalue weighted by Crippen LogP contribution is 2.29. The molecule has 2 heteroatoms. The van der Waals surface area contributed by atoms with E-state index < -0.39 is 0 Å². The van der Waals surface area contributed by atoms with Gasteiger partial charge in [0.15, 0.2) is 0 Å². The first-order valence-electron chi connectivity index (χ1n) is 9.78. The number of nitrogens with one attached hydrogen (secondary N) is 1. The largest absolute Gasteiger partial charge is 0.319 e. The predicted octanol–water partition coefficient (Wildman–Crippen LogP) is 4.71. The summed E-state index contributed by atoms with van der Waals surface area (Å²) in [5.74, 6) is 1.73. The highest BCUT2D eigenvalue weighted by atomic mass is 15.1. The molecular formula is C23H32N2. The smallest absolute Gasteiger partial charge is 0.0237 e. The molecule has 0 radical (unpaired) electrons. The molecule has 1 fully saturated rings. The maximum Gasteiger partial charge on any atom is 0.0237 e. The molecule has 1 saturated carbocycles. The fourth-order valence-electron chi connectivity index (χ4n) is 4.14. The van der Waals surface area contributed by atoms with E-state index in [0.717, 1.165) is 24.9 Å². The molecule has 0 spiro atoms. The van der Waals surface area contributed by atoms with Crippen molar-refractivity contribution in [3.8, 4) is 0 Å². The molecule has 25 heavy (non-hydrogen) atoms. The molecule has 0 heterocycles. The topological polar surface area (TPSA) is 15.3 Å². The second-order valence-electron chi connectivity index (χ2n) is 7.59. The Balaban J connectivity index is 1.60. The van der Waals surface area contributed by atoms with Crippen molar-refractivity contribution in [2.75, 3.05) is 20.1 Å². The van der Waals surface area contributed by atoms with Crippen LogP contribution >= 0.6 is 0 Å². The lowest BCUT2D eigenvalue weighted by Gasteiger charge is -2.33. The van der Waals surface area contributed by atoms with Crippen LogP contribution in [0.25, 0.3) is 0 Å². The number of hydrogen-bond donors (Lipinski definition) is 1. The summed E-state index contributed by atoms with van der Waals surface area (Å²) in [6, 6.07) is 21.8. The van der Waals surface area contributed by atoms with Crippen molar-refractivity contribution in [1.82, 2.24) is 10.2 Å². The van der Waals surface area contributed by atoms with Gasteiger partial charge in [0.25, 0.3) is 0 Å². The minimum absolute atomic E-state index is 0.848. The van der Waals surface area contributed by atoms with Gasteiger partial charge < -0.3 is 5.32 Å². The van der Waals surface area contributed by atoms with Crippen LogP contribution in [0.2, 0.25) is 0 Å². The monoisotopic (exact) mass is 336 g/mol. The van der Waals surface area contributed by atoms with Crippen molar-refractivity contribution in [2.24, 2.45) is 11.8 Å². The Bertz CT molecular complexity index is 547. The van der Waals surface area contributed by atoms with Crippen LogP contribution in [0.3, 0.4) is 0 Å². The summed E-state index contributed by atoms with van der Waals surface area (Å²) < 4.78 is 0. The first-order valence-corrected chi connectivity index (χ1v) is 9.78. The summed E-state index contributed by atoms with van der Waals surface area (Å²) in [6.45, 7) is 4.50. The minimum Gasteiger partial charge on any atom is -0.319 e. The van der Waals surface area contributed by atoms with Gasteiger partial charge in [0, 0.05) is 19.6 Å². The molecule has 1 aliphatic rings. The molecule has 0 amide bonds. The number of nitrogens with zero attached hydrogens (tertiary/aromatic N) is 1. The van der Waals surface area contributed by atoms with Gasteiger partial charge in [-0.1, -0.05) is 60.7 Å². The van der Waals surface area contributed by atoms with E-state index in [0.29, 0.717) is 0 Å². The SMILES string of the molecule is CNCC1CCC(CN(Cc2ccccc2)Cc2ccccc2)CC1. The van der Waals surface area contributed by atoms with Crippen molar-refractivity contribution >= 4 is 0 Å². The molecule has 2 aromatic rings. The van der Waals surface area contributed by atoms with Crippen LogP contribution < -0.4 is 5.32 Å². The quantitative estimate of drug-likeness (QED) is 0.751. The number of benzene rings is 2. The van der Waals surface area contributed by atoms with Crippen molar-refractivity contribution in [3.63, 3.8) is 0 Å². The molecule has 3 rings (SSSR count). The van der Waals surface area contributed by atoms with Gasteiger partial charge in [0.05, 0.1) is 0 Å². The predicted molar refractivity (Wildman–Crippen MR) is 106 cm³/mol. The van der Waals surface area contributed by atoms with Crippen LogP contribution in [0.1, 0.15) is 36.8 Å². The molecule has 0 aromatic heterocycles. The molecule has 0 bridgehead atoms. The van der Waals surface area contributed by atoms with Crippen LogP contribution in [-0.2, 0) is 13.1 Å². The zero-order valence-electron chi connectivity index (χ0n) is 15.5. The zero-order chi connectivity index (χ0) is 17.3. The van der Waals surface area contributed by atoms with E-state index in [1.165, 1.54) is 49.9 Å². The van der Waals surface area contributed by atoms with Gasteiger partial charge in [-0.05, 0) is 62.2 Å². The van der Waals surface area contributed by atoms with Crippen LogP contribution in [-0.4, -0.2) is 25.0 Å². The molecule has 1 aliphatic carbocycles. The lowest BCUT2D eigenvalue weighted by atomic mass is 9.81. The van der Waals surface area contributed by atoms with Crippen LogP contribution in [0.5, 0.6) is 0 Å². The third kappa shape index (κ3) is 5.98. The first-order chi connectivity index (χ1) is 12.3. The third-order valence-corrected chi connectivity index (χ3v) is 5.47. The Kier molecular flexibility index (Phi) is 7.08. The van der Waals surface area contributed by atoms with Crippen molar-refractivity contribution < 1.29 is 0 Å². The fraction of sp³-hybridized carbons (Fsp3) is 0.478. The standard InChI is InChI=1S/C23H32N2/c1-24-16-20-12-14-23(15-13-20)19-25(17-21-8-4-2-5-9-21)18-22-10-6-3-7-11-22/h2-11,20,23-24H,12-19H2,1H3. The van der Waals surface area contributed by atoms with Gasteiger partial charge in [-0.3, -0.25) is 4.90 Å². The Morgan fingerprint density at radius 1 is 0.760 bits per heavy atom. The van der Waals surface area contributed by atoms with Crippen LogP contribution in [0.15, 0.2) is 60.7 Å². The Morgan fingerprint density at radius 3 is 1.72 bits per heavy atom. The van der Waals surface area contributed by atoms with Crippen molar-refractivity contribution in [2.45, 2.75) is 38.8 Å². The molecule has 2 aromatic carbocycles. The molecular weight excluding hydrogens is 304 g/mol. The Labute approximate surface area is 153 Å². The summed E-state index contributed by atoms with van der Waals surface area (Å²) in [6.07, 6.45) is 5.53. The maximum atomic E-state index is 3.35. The molecule has 0 aliphatic heterocycles. The highest BCUT2D eigenvalue weighted by Gasteiger charge is 2.22. The molecule has 0 saturated heterocycles. The Morgan fingerprint density at radius 2 is 1.24 bits per heavy atom. The number of rotatable bonds is 8. The average Bonchev–Trinajstić information content (AvgIpc) is 2.65. The summed E-state index contributed by atoms with van der Waals surface area (Å²) in [7, 11) is 2.08. The van der Waals surface area contributed by atoms with E-state index in [9.17, 15) is 0 Å². The lowest BCUT2D eigenvalue weighted by molar-refractivity contribution is 0.168. The second kappa shape index (κ2) is 9.74.